The lowest BCUT2D eigenvalue weighted by atomic mass is 10.1. The molecule has 0 amide bonds. The molecule has 1 aromatic heterocycles. The van der Waals surface area contributed by atoms with Gasteiger partial charge in [-0.1, -0.05) is 36.4 Å². The Labute approximate surface area is 149 Å². The molecular weight excluding hydrogens is 368 g/mol. The normalized spacial score (nSPS) is 12.8. The minimum Gasteiger partial charge on any atom is -0.309 e. The van der Waals surface area contributed by atoms with Crippen LogP contribution < -0.4 is 0 Å². The fourth-order valence-corrected chi connectivity index (χ4v) is 3.31. The van der Waals surface area contributed by atoms with Gasteiger partial charge in [0.1, 0.15) is 0 Å². The van der Waals surface area contributed by atoms with E-state index in [-0.39, 0.29) is 0 Å². The Kier molecular flexibility index (Phi) is 3.73. The number of para-hydroxylation sites is 2. The summed E-state index contributed by atoms with van der Waals surface area (Å²) in [6, 6.07) is 14.9. The number of hydrogen-bond donors (Lipinski definition) is 0. The Morgan fingerprint density at radius 2 is 1.11 bits per heavy atom. The average Bonchev–Trinajstić information content (AvgIpc) is 2.94. The number of nitrogens with zero attached hydrogens (tertiary/aromatic N) is 1. The predicted octanol–water partition coefficient (Wildman–Crippen LogP) is 6.82. The highest BCUT2D eigenvalue weighted by Crippen LogP contribution is 2.41. The Bertz CT molecular complexity index is 1100. The molecule has 1 nitrogen and oxygen atoms in total. The number of aromatic nitrogens is 1. The fraction of sp³-hybridized carbons (Fsp3) is 0.100. The van der Waals surface area contributed by atoms with E-state index < -0.39 is 29.2 Å². The van der Waals surface area contributed by atoms with Crippen LogP contribution in [-0.4, -0.2) is 4.57 Å². The molecule has 0 aliphatic rings. The molecule has 4 rings (SSSR count). The molecule has 1 heterocycles. The summed E-state index contributed by atoms with van der Waals surface area (Å²) in [6.07, 6.45) is -9.55. The third kappa shape index (κ3) is 2.83. The second-order valence-electron chi connectivity index (χ2n) is 6.10. The minimum absolute atomic E-state index is 0.406. The maximum atomic E-state index is 13.6. The summed E-state index contributed by atoms with van der Waals surface area (Å²) in [5, 5.41) is 1.33. The van der Waals surface area contributed by atoms with E-state index in [0.29, 0.717) is 40.0 Å². The lowest BCUT2D eigenvalue weighted by molar-refractivity contribution is -0.141. The molecule has 138 valence electrons. The molecule has 0 N–H and O–H groups in total. The first-order chi connectivity index (χ1) is 12.7. The summed E-state index contributed by atoms with van der Waals surface area (Å²) in [5.41, 5.74) is -1.99. The highest BCUT2D eigenvalue weighted by atomic mass is 19.4. The fourth-order valence-electron chi connectivity index (χ4n) is 3.31. The molecule has 3 aromatic carbocycles. The maximum absolute atomic E-state index is 13.6. The van der Waals surface area contributed by atoms with Crippen molar-refractivity contribution in [3.63, 3.8) is 0 Å². The standard InChI is InChI=1S/C20H11F6N/c21-19(22,23)12-9-10-15(20(24,25)26)18(11-12)27-16-7-3-1-5-13(16)14-6-2-4-8-17(14)27/h1-11H. The number of alkyl halides is 6. The van der Waals surface area contributed by atoms with Gasteiger partial charge in [0, 0.05) is 10.8 Å². The number of fused-ring (bicyclic) bond motifs is 3. The summed E-state index contributed by atoms with van der Waals surface area (Å²) in [4.78, 5) is 0. The Balaban J connectivity index is 2.17. The van der Waals surface area contributed by atoms with Gasteiger partial charge in [0.2, 0.25) is 0 Å². The van der Waals surface area contributed by atoms with Crippen molar-refractivity contribution in [1.82, 2.24) is 4.57 Å². The van der Waals surface area contributed by atoms with Gasteiger partial charge in [-0.25, -0.2) is 0 Å². The Morgan fingerprint density at radius 1 is 0.593 bits per heavy atom. The van der Waals surface area contributed by atoms with E-state index in [1.165, 1.54) is 4.57 Å². The van der Waals surface area contributed by atoms with Crippen molar-refractivity contribution in [2.24, 2.45) is 0 Å². The summed E-state index contributed by atoms with van der Waals surface area (Å²) >= 11 is 0. The van der Waals surface area contributed by atoms with Crippen LogP contribution in [0.1, 0.15) is 11.1 Å². The first kappa shape index (κ1) is 17.5. The maximum Gasteiger partial charge on any atom is 0.418 e. The largest absolute Gasteiger partial charge is 0.418 e. The first-order valence-electron chi connectivity index (χ1n) is 7.95. The second kappa shape index (κ2) is 5.77. The van der Waals surface area contributed by atoms with Gasteiger partial charge < -0.3 is 4.57 Å². The molecule has 0 atom stereocenters. The van der Waals surface area contributed by atoms with Crippen molar-refractivity contribution in [1.29, 1.82) is 0 Å². The van der Waals surface area contributed by atoms with Crippen LogP contribution in [0, 0.1) is 0 Å². The van der Waals surface area contributed by atoms with Crippen LogP contribution >= 0.6 is 0 Å². The molecular formula is C20H11F6N. The van der Waals surface area contributed by atoms with Gasteiger partial charge in [-0.2, -0.15) is 26.3 Å². The lowest BCUT2D eigenvalue weighted by Gasteiger charge is -2.18. The van der Waals surface area contributed by atoms with Gasteiger partial charge in [0.05, 0.1) is 27.8 Å². The Morgan fingerprint density at radius 3 is 1.59 bits per heavy atom. The lowest BCUT2D eigenvalue weighted by Crippen LogP contribution is -2.14. The molecule has 0 fully saturated rings. The third-order valence-electron chi connectivity index (χ3n) is 4.45. The van der Waals surface area contributed by atoms with Crippen LogP contribution in [0.4, 0.5) is 26.3 Å². The van der Waals surface area contributed by atoms with Crippen LogP contribution in [0.25, 0.3) is 27.5 Å². The summed E-state index contributed by atoms with van der Waals surface area (Å²) in [6.45, 7) is 0. The third-order valence-corrected chi connectivity index (χ3v) is 4.45. The van der Waals surface area contributed by atoms with Crippen molar-refractivity contribution in [2.75, 3.05) is 0 Å². The van der Waals surface area contributed by atoms with Crippen molar-refractivity contribution in [3.05, 3.63) is 77.9 Å². The summed E-state index contributed by atoms with van der Waals surface area (Å²) < 4.78 is 81.5. The topological polar surface area (TPSA) is 4.93 Å². The van der Waals surface area contributed by atoms with E-state index in [0.717, 1.165) is 0 Å². The van der Waals surface area contributed by atoms with E-state index in [1.54, 1.807) is 48.5 Å². The van der Waals surface area contributed by atoms with Gasteiger partial charge in [-0.3, -0.25) is 0 Å². The van der Waals surface area contributed by atoms with Crippen molar-refractivity contribution < 1.29 is 26.3 Å². The van der Waals surface area contributed by atoms with Gasteiger partial charge >= 0.3 is 12.4 Å². The molecule has 0 saturated heterocycles. The number of halogens is 6. The quantitative estimate of drug-likeness (QED) is 0.320. The zero-order chi connectivity index (χ0) is 19.4. The highest BCUT2D eigenvalue weighted by molar-refractivity contribution is 6.09. The van der Waals surface area contributed by atoms with Gasteiger partial charge in [0.15, 0.2) is 0 Å². The van der Waals surface area contributed by atoms with Gasteiger partial charge in [-0.05, 0) is 30.3 Å². The van der Waals surface area contributed by atoms with Crippen molar-refractivity contribution in [2.45, 2.75) is 12.4 Å². The molecule has 27 heavy (non-hydrogen) atoms. The Hall–Kier alpha value is -2.96. The molecule has 0 aliphatic heterocycles. The number of rotatable bonds is 1. The van der Waals surface area contributed by atoms with E-state index in [2.05, 4.69) is 0 Å². The molecule has 0 unspecified atom stereocenters. The first-order valence-corrected chi connectivity index (χ1v) is 7.95. The zero-order valence-electron chi connectivity index (χ0n) is 13.6. The summed E-state index contributed by atoms with van der Waals surface area (Å²) in [5.74, 6) is 0. The SMILES string of the molecule is FC(F)(F)c1ccc(C(F)(F)F)c(-n2c3ccccc3c3ccccc32)c1. The van der Waals surface area contributed by atoms with Gasteiger partial charge in [0.25, 0.3) is 0 Å². The van der Waals surface area contributed by atoms with E-state index in [4.69, 9.17) is 0 Å². The van der Waals surface area contributed by atoms with Crippen LogP contribution in [0.15, 0.2) is 66.7 Å². The molecule has 4 aromatic rings. The number of hydrogen-bond acceptors (Lipinski definition) is 0. The molecule has 7 heteroatoms. The zero-order valence-corrected chi connectivity index (χ0v) is 13.6. The van der Waals surface area contributed by atoms with Crippen LogP contribution in [0.2, 0.25) is 0 Å². The second-order valence-corrected chi connectivity index (χ2v) is 6.10. The van der Waals surface area contributed by atoms with E-state index >= 15 is 0 Å². The number of benzene rings is 3. The molecule has 0 saturated carbocycles. The van der Waals surface area contributed by atoms with Crippen molar-refractivity contribution in [3.8, 4) is 5.69 Å². The van der Waals surface area contributed by atoms with E-state index in [9.17, 15) is 26.3 Å². The van der Waals surface area contributed by atoms with Crippen molar-refractivity contribution >= 4 is 21.8 Å². The van der Waals surface area contributed by atoms with E-state index in [1.807, 2.05) is 0 Å². The molecule has 0 radical (unpaired) electrons. The van der Waals surface area contributed by atoms with Crippen LogP contribution in [-0.2, 0) is 12.4 Å². The summed E-state index contributed by atoms with van der Waals surface area (Å²) in [7, 11) is 0. The van der Waals surface area contributed by atoms with Crippen LogP contribution in [0.5, 0.6) is 0 Å². The smallest absolute Gasteiger partial charge is 0.309 e. The average molecular weight is 379 g/mol. The monoisotopic (exact) mass is 379 g/mol. The minimum atomic E-state index is -4.80. The van der Waals surface area contributed by atoms with Crippen LogP contribution in [0.3, 0.4) is 0 Å². The molecule has 0 spiro atoms. The molecule has 0 aliphatic carbocycles. The highest BCUT2D eigenvalue weighted by Gasteiger charge is 2.38. The predicted molar refractivity (Wildman–Crippen MR) is 90.8 cm³/mol. The van der Waals surface area contributed by atoms with Gasteiger partial charge in [-0.15, -0.1) is 0 Å². The molecule has 0 bridgehead atoms.